The number of amides is 1. The van der Waals surface area contributed by atoms with Crippen molar-refractivity contribution in [2.24, 2.45) is 14.1 Å². The standard InChI is InChI=1S/C15H19N7O3/c1-9(2)22-10(5-6-17-22)18-11(23)7-21-8-16-13-12(21)14(24)20(4)15(25)19(13)3/h5-6,8-9H,7H2,1-4H3,(H,18,23). The quantitative estimate of drug-likeness (QED) is 0.707. The van der Waals surface area contributed by atoms with E-state index < -0.39 is 11.2 Å². The number of fused-ring (bicyclic) bond motifs is 1. The van der Waals surface area contributed by atoms with Crippen LogP contribution in [0.5, 0.6) is 0 Å². The molecular weight excluding hydrogens is 326 g/mol. The van der Waals surface area contributed by atoms with Crippen molar-refractivity contribution in [2.45, 2.75) is 26.4 Å². The summed E-state index contributed by atoms with van der Waals surface area (Å²) in [7, 11) is 2.92. The predicted octanol–water partition coefficient (Wildman–Crippen LogP) is -0.150. The maximum atomic E-state index is 12.4. The van der Waals surface area contributed by atoms with E-state index in [0.29, 0.717) is 5.82 Å². The molecule has 3 rings (SSSR count). The molecule has 0 aliphatic heterocycles. The van der Waals surface area contributed by atoms with Crippen LogP contribution in [-0.4, -0.2) is 34.4 Å². The van der Waals surface area contributed by atoms with Gasteiger partial charge in [-0.15, -0.1) is 0 Å². The van der Waals surface area contributed by atoms with Gasteiger partial charge in [0, 0.05) is 26.2 Å². The molecule has 132 valence electrons. The first-order chi connectivity index (χ1) is 11.8. The molecule has 0 saturated heterocycles. The summed E-state index contributed by atoms with van der Waals surface area (Å²) in [5.74, 6) is 0.252. The molecule has 0 aromatic carbocycles. The lowest BCUT2D eigenvalue weighted by Gasteiger charge is -2.12. The topological polar surface area (TPSA) is 109 Å². The van der Waals surface area contributed by atoms with Gasteiger partial charge in [0.2, 0.25) is 5.91 Å². The fraction of sp³-hybridized carbons (Fsp3) is 0.400. The number of anilines is 1. The summed E-state index contributed by atoms with van der Waals surface area (Å²) in [6, 6.07) is 1.80. The van der Waals surface area contributed by atoms with Crippen molar-refractivity contribution < 1.29 is 4.79 Å². The van der Waals surface area contributed by atoms with Gasteiger partial charge in [-0.05, 0) is 13.8 Å². The maximum Gasteiger partial charge on any atom is 0.332 e. The Hall–Kier alpha value is -3.17. The molecule has 0 atom stereocenters. The largest absolute Gasteiger partial charge is 0.332 e. The van der Waals surface area contributed by atoms with Crippen molar-refractivity contribution >= 4 is 22.9 Å². The molecule has 0 radical (unpaired) electrons. The first-order valence-electron chi connectivity index (χ1n) is 7.75. The second-order valence-corrected chi connectivity index (χ2v) is 6.05. The van der Waals surface area contributed by atoms with Crippen molar-refractivity contribution in [3.63, 3.8) is 0 Å². The third-order valence-corrected chi connectivity index (χ3v) is 3.96. The minimum absolute atomic E-state index is 0.0983. The molecule has 3 heterocycles. The average molecular weight is 345 g/mol. The lowest BCUT2D eigenvalue weighted by molar-refractivity contribution is -0.116. The molecule has 10 heteroatoms. The molecule has 0 spiro atoms. The van der Waals surface area contributed by atoms with Gasteiger partial charge in [-0.2, -0.15) is 5.10 Å². The van der Waals surface area contributed by atoms with Gasteiger partial charge in [-0.3, -0.25) is 18.7 Å². The van der Waals surface area contributed by atoms with Gasteiger partial charge in [-0.25, -0.2) is 14.5 Å². The third-order valence-electron chi connectivity index (χ3n) is 3.96. The molecule has 0 aliphatic carbocycles. The molecule has 0 fully saturated rings. The summed E-state index contributed by atoms with van der Waals surface area (Å²) in [5.41, 5.74) is -0.506. The van der Waals surface area contributed by atoms with Gasteiger partial charge in [0.05, 0.1) is 12.5 Å². The van der Waals surface area contributed by atoms with E-state index in [-0.39, 0.29) is 29.7 Å². The van der Waals surface area contributed by atoms with Gasteiger partial charge < -0.3 is 9.88 Å². The monoisotopic (exact) mass is 345 g/mol. The zero-order chi connectivity index (χ0) is 18.3. The summed E-state index contributed by atoms with van der Waals surface area (Å²) >= 11 is 0. The highest BCUT2D eigenvalue weighted by atomic mass is 16.2. The Kier molecular flexibility index (Phi) is 4.03. The minimum atomic E-state index is -0.490. The van der Waals surface area contributed by atoms with E-state index in [1.165, 1.54) is 29.6 Å². The van der Waals surface area contributed by atoms with Crippen LogP contribution >= 0.6 is 0 Å². The van der Waals surface area contributed by atoms with Crippen LogP contribution in [0, 0.1) is 0 Å². The van der Waals surface area contributed by atoms with Crippen molar-refractivity contribution in [1.82, 2.24) is 28.5 Å². The van der Waals surface area contributed by atoms with Crippen LogP contribution in [0.1, 0.15) is 19.9 Å². The third kappa shape index (κ3) is 2.75. The van der Waals surface area contributed by atoms with Gasteiger partial charge >= 0.3 is 5.69 Å². The van der Waals surface area contributed by atoms with Crippen molar-refractivity contribution in [1.29, 1.82) is 0 Å². The van der Waals surface area contributed by atoms with E-state index in [1.54, 1.807) is 16.9 Å². The second-order valence-electron chi connectivity index (χ2n) is 6.05. The van der Waals surface area contributed by atoms with Crippen LogP contribution in [0.15, 0.2) is 28.2 Å². The first kappa shape index (κ1) is 16.7. The van der Waals surface area contributed by atoms with Crippen molar-refractivity contribution in [3.8, 4) is 0 Å². The predicted molar refractivity (Wildman–Crippen MR) is 91.5 cm³/mol. The average Bonchev–Trinajstić information content (AvgIpc) is 3.18. The molecule has 0 bridgehead atoms. The van der Waals surface area contributed by atoms with Gasteiger partial charge in [0.1, 0.15) is 12.4 Å². The number of nitrogens with one attached hydrogen (secondary N) is 1. The zero-order valence-corrected chi connectivity index (χ0v) is 14.4. The number of imidazole rings is 1. The maximum absolute atomic E-state index is 12.4. The number of aromatic nitrogens is 6. The zero-order valence-electron chi connectivity index (χ0n) is 14.4. The summed E-state index contributed by atoms with van der Waals surface area (Å²) in [6.07, 6.45) is 2.98. The summed E-state index contributed by atoms with van der Waals surface area (Å²) in [4.78, 5) is 40.8. The smallest absolute Gasteiger partial charge is 0.315 e. The van der Waals surface area contributed by atoms with Crippen LogP contribution in [0.25, 0.3) is 11.2 Å². The van der Waals surface area contributed by atoms with E-state index in [0.717, 1.165) is 4.57 Å². The molecule has 0 aliphatic rings. The van der Waals surface area contributed by atoms with Gasteiger partial charge in [-0.1, -0.05) is 0 Å². The van der Waals surface area contributed by atoms with E-state index >= 15 is 0 Å². The Labute approximate surface area is 142 Å². The highest BCUT2D eigenvalue weighted by Gasteiger charge is 2.16. The van der Waals surface area contributed by atoms with E-state index in [1.807, 2.05) is 13.8 Å². The summed E-state index contributed by atoms with van der Waals surface area (Å²) in [5, 5.41) is 6.92. The highest BCUT2D eigenvalue weighted by molar-refractivity contribution is 5.90. The summed E-state index contributed by atoms with van der Waals surface area (Å²) < 4.78 is 5.39. The number of hydrogen-bond donors (Lipinski definition) is 1. The number of carbonyl (C=O) groups is 1. The molecule has 3 aromatic rings. The lowest BCUT2D eigenvalue weighted by atomic mass is 10.4. The van der Waals surface area contributed by atoms with Crippen LogP contribution in [0.4, 0.5) is 5.82 Å². The number of carbonyl (C=O) groups excluding carboxylic acids is 1. The molecular formula is C15H19N7O3. The van der Waals surface area contributed by atoms with Crippen LogP contribution in [-0.2, 0) is 25.4 Å². The Morgan fingerprint density at radius 2 is 1.96 bits per heavy atom. The second kappa shape index (κ2) is 6.04. The highest BCUT2D eigenvalue weighted by Crippen LogP contribution is 2.13. The molecule has 1 N–H and O–H groups in total. The first-order valence-corrected chi connectivity index (χ1v) is 7.75. The molecule has 25 heavy (non-hydrogen) atoms. The van der Waals surface area contributed by atoms with E-state index in [2.05, 4.69) is 15.4 Å². The van der Waals surface area contributed by atoms with Crippen LogP contribution < -0.4 is 16.6 Å². The lowest BCUT2D eigenvalue weighted by Crippen LogP contribution is -2.37. The number of hydrogen-bond acceptors (Lipinski definition) is 5. The summed E-state index contributed by atoms with van der Waals surface area (Å²) in [6.45, 7) is 3.81. The molecule has 0 unspecified atom stereocenters. The van der Waals surface area contributed by atoms with Crippen LogP contribution in [0.2, 0.25) is 0 Å². The van der Waals surface area contributed by atoms with Gasteiger partial charge in [0.25, 0.3) is 5.56 Å². The van der Waals surface area contributed by atoms with E-state index in [4.69, 9.17) is 0 Å². The Morgan fingerprint density at radius 1 is 1.24 bits per heavy atom. The van der Waals surface area contributed by atoms with E-state index in [9.17, 15) is 14.4 Å². The molecule has 0 saturated carbocycles. The number of rotatable bonds is 4. The SMILES string of the molecule is CC(C)n1nccc1NC(=O)Cn1cnc2c1c(=O)n(C)c(=O)n2C. The van der Waals surface area contributed by atoms with Gasteiger partial charge in [0.15, 0.2) is 11.2 Å². The van der Waals surface area contributed by atoms with Crippen molar-refractivity contribution in [3.05, 3.63) is 39.4 Å². The molecule has 3 aromatic heterocycles. The fourth-order valence-electron chi connectivity index (χ4n) is 2.68. The fourth-order valence-corrected chi connectivity index (χ4v) is 2.68. The Balaban J connectivity index is 1.94. The minimum Gasteiger partial charge on any atom is -0.315 e. The molecule has 10 nitrogen and oxygen atoms in total. The van der Waals surface area contributed by atoms with Crippen molar-refractivity contribution in [2.75, 3.05) is 5.32 Å². The Morgan fingerprint density at radius 3 is 2.64 bits per heavy atom. The number of nitrogens with zero attached hydrogens (tertiary/aromatic N) is 6. The normalized spacial score (nSPS) is 11.4. The molecule has 1 amide bonds. The number of aryl methyl sites for hydroxylation is 1. The Bertz CT molecular complexity index is 1070. The van der Waals surface area contributed by atoms with Crippen LogP contribution in [0.3, 0.4) is 0 Å².